The second-order valence-corrected chi connectivity index (χ2v) is 5.58. The molecule has 0 saturated carbocycles. The summed E-state index contributed by atoms with van der Waals surface area (Å²) in [7, 11) is 0. The molecule has 23 heavy (non-hydrogen) atoms. The van der Waals surface area contributed by atoms with Gasteiger partial charge in [-0.1, -0.05) is 31.2 Å². The number of amides is 1. The van der Waals surface area contributed by atoms with Gasteiger partial charge in [0.15, 0.2) is 0 Å². The minimum atomic E-state index is -0.299. The van der Waals surface area contributed by atoms with Crippen LogP contribution in [0.25, 0.3) is 16.6 Å². The quantitative estimate of drug-likeness (QED) is 0.751. The van der Waals surface area contributed by atoms with Gasteiger partial charge < -0.3 is 5.32 Å². The molecule has 1 aliphatic rings. The monoisotopic (exact) mass is 305 g/mol. The number of rotatable bonds is 1. The number of benzene rings is 2. The SMILES string of the molecule is CCC1NC(=O)c2ccccc2-n2c1nc1ccccc1c2=O. The average molecular weight is 305 g/mol. The summed E-state index contributed by atoms with van der Waals surface area (Å²) in [4.78, 5) is 30.2. The highest BCUT2D eigenvalue weighted by molar-refractivity contribution is 5.98. The number of nitrogens with one attached hydrogen (secondary N) is 1. The summed E-state index contributed by atoms with van der Waals surface area (Å²) in [5.41, 5.74) is 1.58. The summed E-state index contributed by atoms with van der Waals surface area (Å²) in [5.74, 6) is 0.399. The summed E-state index contributed by atoms with van der Waals surface area (Å²) in [6.07, 6.45) is 0.657. The number of carbonyl (C=O) groups excluding carboxylic acids is 1. The predicted molar refractivity (Wildman–Crippen MR) is 87.8 cm³/mol. The van der Waals surface area contributed by atoms with Crippen molar-refractivity contribution in [3.63, 3.8) is 0 Å². The van der Waals surface area contributed by atoms with E-state index in [2.05, 4.69) is 10.3 Å². The minimum absolute atomic E-state index is 0.145. The van der Waals surface area contributed by atoms with Crippen molar-refractivity contribution in [3.05, 3.63) is 70.3 Å². The van der Waals surface area contributed by atoms with Crippen molar-refractivity contribution in [2.75, 3.05) is 0 Å². The van der Waals surface area contributed by atoms with Crippen LogP contribution in [0.5, 0.6) is 0 Å². The van der Waals surface area contributed by atoms with Gasteiger partial charge in [-0.05, 0) is 30.7 Å². The van der Waals surface area contributed by atoms with E-state index in [4.69, 9.17) is 0 Å². The highest BCUT2D eigenvalue weighted by Gasteiger charge is 2.28. The largest absolute Gasteiger partial charge is 0.342 e. The first-order chi connectivity index (χ1) is 11.2. The van der Waals surface area contributed by atoms with Crippen LogP contribution in [-0.2, 0) is 0 Å². The molecule has 1 aromatic heterocycles. The first-order valence-electron chi connectivity index (χ1n) is 7.62. The molecule has 114 valence electrons. The molecule has 3 aromatic rings. The van der Waals surface area contributed by atoms with E-state index >= 15 is 0 Å². The van der Waals surface area contributed by atoms with Crippen molar-refractivity contribution in [1.29, 1.82) is 0 Å². The highest BCUT2D eigenvalue weighted by atomic mass is 16.2. The van der Waals surface area contributed by atoms with Gasteiger partial charge in [-0.15, -0.1) is 0 Å². The first kappa shape index (κ1) is 13.7. The number of fused-ring (bicyclic) bond motifs is 4. The van der Waals surface area contributed by atoms with Gasteiger partial charge in [0.05, 0.1) is 28.2 Å². The fourth-order valence-electron chi connectivity index (χ4n) is 3.06. The Morgan fingerprint density at radius 2 is 1.83 bits per heavy atom. The van der Waals surface area contributed by atoms with Crippen LogP contribution in [0.4, 0.5) is 0 Å². The fourth-order valence-corrected chi connectivity index (χ4v) is 3.06. The molecule has 0 radical (unpaired) electrons. The van der Waals surface area contributed by atoms with E-state index in [9.17, 15) is 9.59 Å². The Balaban J connectivity index is 2.18. The summed E-state index contributed by atoms with van der Waals surface area (Å²) < 4.78 is 1.57. The molecule has 0 spiro atoms. The van der Waals surface area contributed by atoms with Crippen LogP contribution < -0.4 is 10.9 Å². The summed E-state index contributed by atoms with van der Waals surface area (Å²) >= 11 is 0. The van der Waals surface area contributed by atoms with Crippen molar-refractivity contribution >= 4 is 16.8 Å². The molecule has 2 heterocycles. The lowest BCUT2D eigenvalue weighted by Gasteiger charge is -2.17. The molecule has 1 atom stereocenters. The van der Waals surface area contributed by atoms with Gasteiger partial charge in [-0.3, -0.25) is 14.2 Å². The maximum absolute atomic E-state index is 13.0. The van der Waals surface area contributed by atoms with Crippen LogP contribution in [0.3, 0.4) is 0 Å². The number of para-hydroxylation sites is 2. The number of hydrogen-bond acceptors (Lipinski definition) is 3. The smallest absolute Gasteiger partial charge is 0.266 e. The number of hydrogen-bond donors (Lipinski definition) is 1. The van der Waals surface area contributed by atoms with Crippen molar-refractivity contribution in [1.82, 2.24) is 14.9 Å². The summed E-state index contributed by atoms with van der Waals surface area (Å²) in [6.45, 7) is 1.96. The number of carbonyl (C=O) groups is 1. The Morgan fingerprint density at radius 1 is 1.09 bits per heavy atom. The van der Waals surface area contributed by atoms with Gasteiger partial charge in [0.1, 0.15) is 5.82 Å². The predicted octanol–water partition coefficient (Wildman–Crippen LogP) is 2.58. The molecular formula is C18H15N3O2. The maximum Gasteiger partial charge on any atom is 0.266 e. The number of aromatic nitrogens is 2. The van der Waals surface area contributed by atoms with Crippen molar-refractivity contribution in [3.8, 4) is 5.69 Å². The molecule has 2 aromatic carbocycles. The lowest BCUT2D eigenvalue weighted by molar-refractivity contribution is 0.0937. The molecule has 5 heteroatoms. The van der Waals surface area contributed by atoms with E-state index in [1.165, 1.54) is 0 Å². The fraction of sp³-hybridized carbons (Fsp3) is 0.167. The third-order valence-electron chi connectivity index (χ3n) is 4.22. The molecule has 5 nitrogen and oxygen atoms in total. The molecular weight excluding hydrogens is 290 g/mol. The normalized spacial score (nSPS) is 16.4. The van der Waals surface area contributed by atoms with Crippen LogP contribution in [-0.4, -0.2) is 15.5 Å². The van der Waals surface area contributed by atoms with Crippen molar-refractivity contribution < 1.29 is 4.79 Å². The average Bonchev–Trinajstić information content (AvgIpc) is 2.70. The third kappa shape index (κ3) is 1.97. The zero-order valence-electron chi connectivity index (χ0n) is 12.6. The van der Waals surface area contributed by atoms with E-state index < -0.39 is 0 Å². The standard InChI is InChI=1S/C18H15N3O2/c1-2-13-16-19-14-9-5-3-7-11(14)18(23)21(16)15-10-6-4-8-12(15)17(22)20-13/h3-10,13H,2H2,1H3,(H,20,22). The van der Waals surface area contributed by atoms with E-state index in [1.54, 1.807) is 28.8 Å². The van der Waals surface area contributed by atoms with E-state index in [0.29, 0.717) is 34.4 Å². The maximum atomic E-state index is 13.0. The second-order valence-electron chi connectivity index (χ2n) is 5.58. The second kappa shape index (κ2) is 5.05. The number of nitrogens with zero attached hydrogens (tertiary/aromatic N) is 2. The Bertz CT molecular complexity index is 991. The Hall–Kier alpha value is -2.95. The first-order valence-corrected chi connectivity index (χ1v) is 7.62. The Morgan fingerprint density at radius 3 is 2.65 bits per heavy atom. The van der Waals surface area contributed by atoms with Gasteiger partial charge in [0, 0.05) is 0 Å². The van der Waals surface area contributed by atoms with Gasteiger partial charge in [0.25, 0.3) is 11.5 Å². The molecule has 1 N–H and O–H groups in total. The van der Waals surface area contributed by atoms with Crippen molar-refractivity contribution in [2.24, 2.45) is 0 Å². The minimum Gasteiger partial charge on any atom is -0.342 e. The van der Waals surface area contributed by atoms with Crippen LogP contribution in [0, 0.1) is 0 Å². The van der Waals surface area contributed by atoms with Gasteiger partial charge in [-0.25, -0.2) is 4.98 Å². The third-order valence-corrected chi connectivity index (χ3v) is 4.22. The lowest BCUT2D eigenvalue weighted by atomic mass is 10.1. The van der Waals surface area contributed by atoms with Crippen LogP contribution in [0.15, 0.2) is 53.3 Å². The van der Waals surface area contributed by atoms with Crippen LogP contribution in [0.1, 0.15) is 35.6 Å². The van der Waals surface area contributed by atoms with E-state index in [-0.39, 0.29) is 17.5 Å². The molecule has 0 bridgehead atoms. The molecule has 1 aliphatic heterocycles. The molecule has 0 saturated heterocycles. The van der Waals surface area contributed by atoms with Gasteiger partial charge >= 0.3 is 0 Å². The van der Waals surface area contributed by atoms with Crippen LogP contribution >= 0.6 is 0 Å². The molecule has 0 aliphatic carbocycles. The van der Waals surface area contributed by atoms with Gasteiger partial charge in [-0.2, -0.15) is 0 Å². The summed E-state index contributed by atoms with van der Waals surface area (Å²) in [6, 6.07) is 14.1. The zero-order chi connectivity index (χ0) is 16.0. The van der Waals surface area contributed by atoms with Crippen LogP contribution in [0.2, 0.25) is 0 Å². The lowest BCUT2D eigenvalue weighted by Crippen LogP contribution is -2.30. The van der Waals surface area contributed by atoms with Crippen molar-refractivity contribution in [2.45, 2.75) is 19.4 Å². The highest BCUT2D eigenvalue weighted by Crippen LogP contribution is 2.25. The molecule has 4 rings (SSSR count). The van der Waals surface area contributed by atoms with E-state index in [1.807, 2.05) is 31.2 Å². The topological polar surface area (TPSA) is 64.0 Å². The van der Waals surface area contributed by atoms with Gasteiger partial charge in [0.2, 0.25) is 0 Å². The Labute approximate surface area is 132 Å². The molecule has 1 unspecified atom stereocenters. The van der Waals surface area contributed by atoms with E-state index in [0.717, 1.165) is 0 Å². The molecule has 0 fully saturated rings. The summed E-state index contributed by atoms with van der Waals surface area (Å²) in [5, 5.41) is 3.52. The Kier molecular flexibility index (Phi) is 3.01. The zero-order valence-corrected chi connectivity index (χ0v) is 12.6. The molecule has 1 amide bonds.